The molecular formula is C28H33BN4O4. The summed E-state index contributed by atoms with van der Waals surface area (Å²) in [5, 5.41) is 9.85. The molecule has 37 heavy (non-hydrogen) atoms. The molecule has 0 bridgehead atoms. The monoisotopic (exact) mass is 500 g/mol. The quantitative estimate of drug-likeness (QED) is 0.505. The molecular weight excluding hydrogens is 467 g/mol. The van der Waals surface area contributed by atoms with Gasteiger partial charge in [-0.05, 0) is 69.4 Å². The Hall–Kier alpha value is -3.19. The number of rotatable bonds is 4. The number of benzene rings is 2. The molecule has 0 spiro atoms. The number of oxazole rings is 1. The molecule has 0 N–H and O–H groups in total. The molecule has 8 nitrogen and oxygen atoms in total. The molecule has 2 saturated heterocycles. The van der Waals surface area contributed by atoms with Crippen LogP contribution >= 0.6 is 0 Å². The molecule has 1 aromatic heterocycles. The van der Waals surface area contributed by atoms with Crippen LogP contribution in [0.1, 0.15) is 51.3 Å². The molecule has 1 amide bonds. The van der Waals surface area contributed by atoms with E-state index in [0.29, 0.717) is 29.1 Å². The Morgan fingerprint density at radius 1 is 1.11 bits per heavy atom. The highest BCUT2D eigenvalue weighted by molar-refractivity contribution is 6.62. The zero-order chi connectivity index (χ0) is 26.5. The fraction of sp³-hybridized carbons (Fsp3) is 0.464. The normalized spacial score (nSPS) is 19.4. The van der Waals surface area contributed by atoms with Gasteiger partial charge in [0.2, 0.25) is 11.8 Å². The van der Waals surface area contributed by atoms with Crippen molar-refractivity contribution in [2.75, 3.05) is 26.2 Å². The van der Waals surface area contributed by atoms with Gasteiger partial charge in [0.05, 0.1) is 16.8 Å². The minimum absolute atomic E-state index is 0.112. The van der Waals surface area contributed by atoms with Gasteiger partial charge in [0.25, 0.3) is 0 Å². The first-order valence-corrected chi connectivity index (χ1v) is 12.8. The molecule has 9 heteroatoms. The summed E-state index contributed by atoms with van der Waals surface area (Å²) in [7, 11) is -0.487. The van der Waals surface area contributed by atoms with E-state index >= 15 is 0 Å². The number of carbonyl (C=O) groups excluding carboxylic acids is 1. The van der Waals surface area contributed by atoms with Gasteiger partial charge in [-0.2, -0.15) is 5.26 Å². The molecule has 2 aliphatic rings. The highest BCUT2D eigenvalue weighted by atomic mass is 16.7. The number of aromatic nitrogens is 1. The standard InChI is InChI=1S/C28H33BN4O4/c1-18-22(8-7-9-23(18)29-36-27(3,4)28(5,6)37-29)26-31-24-15-20(14-21(16-30)25(24)35-26)17-32-10-12-33(13-11-32)19(2)34/h7-9,14-15H,10-13,17H2,1-6H3. The number of carbonyl (C=O) groups is 1. The Morgan fingerprint density at radius 2 is 1.78 bits per heavy atom. The Labute approximate surface area is 218 Å². The van der Waals surface area contributed by atoms with Crippen molar-refractivity contribution in [1.82, 2.24) is 14.8 Å². The molecule has 0 radical (unpaired) electrons. The third kappa shape index (κ3) is 4.66. The second kappa shape index (κ2) is 9.28. The van der Waals surface area contributed by atoms with Gasteiger partial charge in [-0.25, -0.2) is 4.98 Å². The zero-order valence-electron chi connectivity index (χ0n) is 22.4. The lowest BCUT2D eigenvalue weighted by Gasteiger charge is -2.34. The van der Waals surface area contributed by atoms with Crippen LogP contribution in [-0.4, -0.2) is 65.2 Å². The van der Waals surface area contributed by atoms with Crippen LogP contribution in [0, 0.1) is 18.3 Å². The maximum Gasteiger partial charge on any atom is 0.495 e. The first-order valence-electron chi connectivity index (χ1n) is 12.8. The summed E-state index contributed by atoms with van der Waals surface area (Å²) in [6.45, 7) is 15.5. The summed E-state index contributed by atoms with van der Waals surface area (Å²) in [5.41, 5.74) is 4.49. The lowest BCUT2D eigenvalue weighted by Crippen LogP contribution is -2.47. The maximum atomic E-state index is 11.6. The van der Waals surface area contributed by atoms with Crippen molar-refractivity contribution in [3.8, 4) is 17.5 Å². The van der Waals surface area contributed by atoms with Gasteiger partial charge in [0.1, 0.15) is 11.6 Å². The maximum absolute atomic E-state index is 11.6. The van der Waals surface area contributed by atoms with Crippen molar-refractivity contribution >= 4 is 29.6 Å². The number of fused-ring (bicyclic) bond motifs is 1. The van der Waals surface area contributed by atoms with Crippen molar-refractivity contribution in [2.24, 2.45) is 0 Å². The third-order valence-corrected chi connectivity index (χ3v) is 8.01. The molecule has 2 aromatic carbocycles. The second-order valence-corrected chi connectivity index (χ2v) is 11.0. The highest BCUT2D eigenvalue weighted by Gasteiger charge is 2.52. The first-order chi connectivity index (χ1) is 17.5. The van der Waals surface area contributed by atoms with Crippen molar-refractivity contribution in [1.29, 1.82) is 5.26 Å². The van der Waals surface area contributed by atoms with Crippen LogP contribution in [0.25, 0.3) is 22.6 Å². The molecule has 2 aliphatic heterocycles. The van der Waals surface area contributed by atoms with E-state index in [2.05, 4.69) is 11.0 Å². The lowest BCUT2D eigenvalue weighted by atomic mass is 9.75. The fourth-order valence-electron chi connectivity index (χ4n) is 4.97. The summed E-state index contributed by atoms with van der Waals surface area (Å²) in [5.74, 6) is 0.579. The highest BCUT2D eigenvalue weighted by Crippen LogP contribution is 2.37. The van der Waals surface area contributed by atoms with E-state index in [1.807, 2.05) is 69.9 Å². The van der Waals surface area contributed by atoms with Crippen molar-refractivity contribution < 1.29 is 18.5 Å². The average Bonchev–Trinajstić information content (AvgIpc) is 3.36. The van der Waals surface area contributed by atoms with Gasteiger partial charge in [-0.3, -0.25) is 9.69 Å². The largest absolute Gasteiger partial charge is 0.495 e. The van der Waals surface area contributed by atoms with Crippen LogP contribution in [-0.2, 0) is 20.6 Å². The summed E-state index contributed by atoms with van der Waals surface area (Å²) in [4.78, 5) is 20.6. The van der Waals surface area contributed by atoms with E-state index in [4.69, 9.17) is 18.7 Å². The van der Waals surface area contributed by atoms with Crippen LogP contribution in [0.3, 0.4) is 0 Å². The Bertz CT molecular complexity index is 1380. The predicted octanol–water partition coefficient (Wildman–Crippen LogP) is 3.64. The molecule has 5 rings (SSSR count). The topological polar surface area (TPSA) is 91.8 Å². The Kier molecular flexibility index (Phi) is 6.39. The molecule has 3 aromatic rings. The lowest BCUT2D eigenvalue weighted by molar-refractivity contribution is -0.130. The molecule has 0 saturated carbocycles. The Balaban J connectivity index is 1.44. The van der Waals surface area contributed by atoms with Gasteiger partial charge in [-0.15, -0.1) is 0 Å². The van der Waals surface area contributed by atoms with E-state index in [1.165, 1.54) is 0 Å². The fourth-order valence-corrected chi connectivity index (χ4v) is 4.97. The van der Waals surface area contributed by atoms with Gasteiger partial charge in [-0.1, -0.05) is 12.1 Å². The summed E-state index contributed by atoms with van der Waals surface area (Å²) in [6.07, 6.45) is 0. The SMILES string of the molecule is CC(=O)N1CCN(Cc2cc(C#N)c3oc(-c4cccc(B5OC(C)(C)C(C)(C)O5)c4C)nc3c2)CC1. The van der Waals surface area contributed by atoms with Crippen molar-refractivity contribution in [3.05, 3.63) is 47.0 Å². The van der Waals surface area contributed by atoms with Crippen molar-refractivity contribution in [3.63, 3.8) is 0 Å². The summed E-state index contributed by atoms with van der Waals surface area (Å²) >= 11 is 0. The van der Waals surface area contributed by atoms with Crippen LogP contribution < -0.4 is 5.46 Å². The molecule has 3 heterocycles. The second-order valence-electron chi connectivity index (χ2n) is 11.0. The summed E-state index contributed by atoms with van der Waals surface area (Å²) in [6, 6.07) is 12.1. The van der Waals surface area contributed by atoms with Crippen LogP contribution in [0.2, 0.25) is 0 Å². The summed E-state index contributed by atoms with van der Waals surface area (Å²) < 4.78 is 18.7. The smallest absolute Gasteiger partial charge is 0.435 e. The number of nitriles is 1. The van der Waals surface area contributed by atoms with E-state index in [0.717, 1.165) is 48.3 Å². The van der Waals surface area contributed by atoms with E-state index in [9.17, 15) is 10.1 Å². The number of amides is 1. The van der Waals surface area contributed by atoms with E-state index in [1.54, 1.807) is 6.92 Å². The first kappa shape index (κ1) is 25.5. The molecule has 0 unspecified atom stereocenters. The average molecular weight is 500 g/mol. The minimum Gasteiger partial charge on any atom is -0.435 e. The number of hydrogen-bond acceptors (Lipinski definition) is 7. The van der Waals surface area contributed by atoms with Gasteiger partial charge in [0, 0.05) is 45.2 Å². The van der Waals surface area contributed by atoms with E-state index < -0.39 is 18.3 Å². The predicted molar refractivity (Wildman–Crippen MR) is 142 cm³/mol. The molecule has 192 valence electrons. The third-order valence-electron chi connectivity index (χ3n) is 8.01. The van der Waals surface area contributed by atoms with Crippen LogP contribution in [0.5, 0.6) is 0 Å². The van der Waals surface area contributed by atoms with Crippen LogP contribution in [0.15, 0.2) is 34.7 Å². The van der Waals surface area contributed by atoms with Gasteiger partial charge < -0.3 is 18.6 Å². The number of nitrogens with zero attached hydrogens (tertiary/aromatic N) is 4. The molecule has 0 atom stereocenters. The van der Waals surface area contributed by atoms with Gasteiger partial charge >= 0.3 is 7.12 Å². The Morgan fingerprint density at radius 3 is 2.41 bits per heavy atom. The molecule has 0 aliphatic carbocycles. The zero-order valence-corrected chi connectivity index (χ0v) is 22.4. The molecule has 2 fully saturated rings. The van der Waals surface area contributed by atoms with Crippen molar-refractivity contribution in [2.45, 2.75) is 59.3 Å². The van der Waals surface area contributed by atoms with Crippen LogP contribution in [0.4, 0.5) is 0 Å². The minimum atomic E-state index is -0.487. The number of hydrogen-bond donors (Lipinski definition) is 0. The van der Waals surface area contributed by atoms with Gasteiger partial charge in [0.15, 0.2) is 5.58 Å². The number of piperazine rings is 1. The van der Waals surface area contributed by atoms with E-state index in [-0.39, 0.29) is 5.91 Å².